The fourth-order valence-electron chi connectivity index (χ4n) is 2.50. The molecule has 0 aliphatic heterocycles. The SMILES string of the molecule is CC(C)(C)OC(=O)N[C@@H]1CCCCC[C@@H]1CC(=O)O. The summed E-state index contributed by atoms with van der Waals surface area (Å²) in [7, 11) is 0. The zero-order valence-electron chi connectivity index (χ0n) is 12.1. The van der Waals surface area contributed by atoms with Crippen LogP contribution in [0.25, 0.3) is 0 Å². The lowest BCUT2D eigenvalue weighted by molar-refractivity contribution is -0.138. The third-order valence-electron chi connectivity index (χ3n) is 3.30. The summed E-state index contributed by atoms with van der Waals surface area (Å²) in [6.07, 6.45) is 4.50. The molecule has 1 fully saturated rings. The molecule has 5 heteroatoms. The summed E-state index contributed by atoms with van der Waals surface area (Å²) >= 11 is 0. The maximum Gasteiger partial charge on any atom is 0.407 e. The molecule has 1 amide bonds. The molecule has 110 valence electrons. The van der Waals surface area contributed by atoms with E-state index in [4.69, 9.17) is 9.84 Å². The molecule has 1 aliphatic rings. The van der Waals surface area contributed by atoms with Crippen LogP contribution < -0.4 is 5.32 Å². The molecule has 1 saturated carbocycles. The highest BCUT2D eigenvalue weighted by atomic mass is 16.6. The first kappa shape index (κ1) is 15.8. The zero-order chi connectivity index (χ0) is 14.5. The number of aliphatic carboxylic acids is 1. The largest absolute Gasteiger partial charge is 0.481 e. The standard InChI is InChI=1S/C14H25NO4/c1-14(2,3)19-13(18)15-11-8-6-4-5-7-10(11)9-12(16)17/h10-11H,4-9H2,1-3H3,(H,15,18)(H,16,17)/t10-,11-/m1/s1. The van der Waals surface area contributed by atoms with E-state index in [1.807, 2.05) is 20.8 Å². The van der Waals surface area contributed by atoms with E-state index in [1.165, 1.54) is 0 Å². The van der Waals surface area contributed by atoms with Gasteiger partial charge in [-0.15, -0.1) is 0 Å². The first-order valence-electron chi connectivity index (χ1n) is 6.99. The van der Waals surface area contributed by atoms with Crippen molar-refractivity contribution in [2.24, 2.45) is 5.92 Å². The molecule has 2 atom stereocenters. The van der Waals surface area contributed by atoms with Crippen molar-refractivity contribution in [2.75, 3.05) is 0 Å². The van der Waals surface area contributed by atoms with E-state index in [2.05, 4.69) is 5.32 Å². The monoisotopic (exact) mass is 271 g/mol. The molecule has 0 aromatic heterocycles. The number of carboxylic acid groups (broad SMARTS) is 1. The van der Waals surface area contributed by atoms with Gasteiger partial charge in [0.25, 0.3) is 0 Å². The highest BCUT2D eigenvalue weighted by Crippen LogP contribution is 2.26. The Morgan fingerprint density at radius 1 is 1.21 bits per heavy atom. The number of carboxylic acids is 1. The molecule has 0 unspecified atom stereocenters. The second-order valence-corrected chi connectivity index (χ2v) is 6.25. The minimum absolute atomic E-state index is 0.00696. The molecule has 19 heavy (non-hydrogen) atoms. The van der Waals surface area contributed by atoms with E-state index in [9.17, 15) is 9.59 Å². The summed E-state index contributed by atoms with van der Waals surface area (Å²) in [4.78, 5) is 22.7. The fraction of sp³-hybridized carbons (Fsp3) is 0.857. The number of carbonyl (C=O) groups is 2. The molecule has 0 radical (unpaired) electrons. The maximum atomic E-state index is 11.8. The third kappa shape index (κ3) is 6.45. The van der Waals surface area contributed by atoms with Crippen LogP contribution in [0.4, 0.5) is 4.79 Å². The molecule has 5 nitrogen and oxygen atoms in total. The highest BCUT2D eigenvalue weighted by Gasteiger charge is 2.28. The average molecular weight is 271 g/mol. The quantitative estimate of drug-likeness (QED) is 0.774. The Morgan fingerprint density at radius 3 is 2.42 bits per heavy atom. The summed E-state index contributed by atoms with van der Waals surface area (Å²) < 4.78 is 5.24. The number of nitrogens with one attached hydrogen (secondary N) is 1. The Kier molecular flexibility index (Phi) is 5.63. The van der Waals surface area contributed by atoms with Crippen LogP contribution in [0, 0.1) is 5.92 Å². The lowest BCUT2D eigenvalue weighted by Crippen LogP contribution is -2.43. The summed E-state index contributed by atoms with van der Waals surface area (Å²) in [5.74, 6) is -0.796. The van der Waals surface area contributed by atoms with Gasteiger partial charge < -0.3 is 15.2 Å². The molecule has 1 rings (SSSR count). The van der Waals surface area contributed by atoms with Gasteiger partial charge in [-0.05, 0) is 39.5 Å². The van der Waals surface area contributed by atoms with Gasteiger partial charge in [0.05, 0.1) is 6.42 Å². The lowest BCUT2D eigenvalue weighted by Gasteiger charge is -2.27. The van der Waals surface area contributed by atoms with Crippen LogP contribution >= 0.6 is 0 Å². The van der Waals surface area contributed by atoms with Crippen molar-refractivity contribution in [3.63, 3.8) is 0 Å². The van der Waals surface area contributed by atoms with Crippen molar-refractivity contribution in [2.45, 2.75) is 70.9 Å². The molecule has 2 N–H and O–H groups in total. The molecular formula is C14H25NO4. The highest BCUT2D eigenvalue weighted by molar-refractivity contribution is 5.69. The second kappa shape index (κ2) is 6.78. The Hall–Kier alpha value is -1.26. The number of amides is 1. The minimum atomic E-state index is -0.803. The van der Waals surface area contributed by atoms with Crippen molar-refractivity contribution in [1.82, 2.24) is 5.32 Å². The van der Waals surface area contributed by atoms with Crippen LogP contribution in [0.15, 0.2) is 0 Å². The Morgan fingerprint density at radius 2 is 1.84 bits per heavy atom. The Bertz CT molecular complexity index is 322. The molecule has 0 aromatic rings. The van der Waals surface area contributed by atoms with Crippen molar-refractivity contribution in [3.05, 3.63) is 0 Å². The van der Waals surface area contributed by atoms with Gasteiger partial charge in [-0.2, -0.15) is 0 Å². The normalized spacial score (nSPS) is 24.4. The van der Waals surface area contributed by atoms with Crippen LogP contribution in [0.2, 0.25) is 0 Å². The average Bonchev–Trinajstić information content (AvgIpc) is 2.41. The van der Waals surface area contributed by atoms with E-state index in [1.54, 1.807) is 0 Å². The summed E-state index contributed by atoms with van der Waals surface area (Å²) in [5.41, 5.74) is -0.531. The first-order chi connectivity index (χ1) is 8.78. The number of hydrogen-bond donors (Lipinski definition) is 2. The van der Waals surface area contributed by atoms with Crippen LogP contribution in [-0.2, 0) is 9.53 Å². The van der Waals surface area contributed by atoms with E-state index < -0.39 is 17.7 Å². The van der Waals surface area contributed by atoms with Gasteiger partial charge in [-0.3, -0.25) is 4.79 Å². The number of carbonyl (C=O) groups excluding carboxylic acids is 1. The predicted molar refractivity (Wildman–Crippen MR) is 72.0 cm³/mol. The summed E-state index contributed by atoms with van der Waals surface area (Å²) in [6, 6.07) is -0.0894. The van der Waals surface area contributed by atoms with Gasteiger partial charge in [-0.1, -0.05) is 19.3 Å². The molecule has 0 aromatic carbocycles. The molecular weight excluding hydrogens is 246 g/mol. The first-order valence-corrected chi connectivity index (χ1v) is 6.99. The summed E-state index contributed by atoms with van der Waals surface area (Å²) in [5, 5.41) is 11.8. The second-order valence-electron chi connectivity index (χ2n) is 6.25. The number of alkyl carbamates (subject to hydrolysis) is 1. The van der Waals surface area contributed by atoms with E-state index in [-0.39, 0.29) is 18.4 Å². The van der Waals surface area contributed by atoms with Gasteiger partial charge >= 0.3 is 12.1 Å². The van der Waals surface area contributed by atoms with Gasteiger partial charge in [0.2, 0.25) is 0 Å². The van der Waals surface area contributed by atoms with Gasteiger partial charge in [0.15, 0.2) is 0 Å². The van der Waals surface area contributed by atoms with Crippen molar-refractivity contribution in [3.8, 4) is 0 Å². The van der Waals surface area contributed by atoms with Crippen LogP contribution in [0.1, 0.15) is 59.3 Å². The molecule has 0 spiro atoms. The smallest absolute Gasteiger partial charge is 0.407 e. The summed E-state index contributed by atoms with van der Waals surface area (Å²) in [6.45, 7) is 5.44. The minimum Gasteiger partial charge on any atom is -0.481 e. The number of hydrogen-bond acceptors (Lipinski definition) is 3. The van der Waals surface area contributed by atoms with Gasteiger partial charge in [-0.25, -0.2) is 4.79 Å². The van der Waals surface area contributed by atoms with E-state index in [0.29, 0.717) is 0 Å². The molecule has 1 aliphatic carbocycles. The molecule has 0 bridgehead atoms. The number of rotatable bonds is 3. The van der Waals surface area contributed by atoms with Crippen LogP contribution in [0.3, 0.4) is 0 Å². The number of ether oxygens (including phenoxy) is 1. The van der Waals surface area contributed by atoms with E-state index in [0.717, 1.165) is 32.1 Å². The topological polar surface area (TPSA) is 75.6 Å². The van der Waals surface area contributed by atoms with E-state index >= 15 is 0 Å². The Balaban J connectivity index is 2.59. The lowest BCUT2D eigenvalue weighted by atomic mass is 9.91. The van der Waals surface area contributed by atoms with Crippen molar-refractivity contribution >= 4 is 12.1 Å². The van der Waals surface area contributed by atoms with Crippen molar-refractivity contribution in [1.29, 1.82) is 0 Å². The van der Waals surface area contributed by atoms with Crippen LogP contribution in [0.5, 0.6) is 0 Å². The van der Waals surface area contributed by atoms with Gasteiger partial charge in [0.1, 0.15) is 5.60 Å². The fourth-order valence-corrected chi connectivity index (χ4v) is 2.50. The van der Waals surface area contributed by atoms with Crippen LogP contribution in [-0.4, -0.2) is 28.8 Å². The predicted octanol–water partition coefficient (Wildman–Crippen LogP) is 2.93. The van der Waals surface area contributed by atoms with Gasteiger partial charge in [0, 0.05) is 6.04 Å². The Labute approximate surface area is 114 Å². The molecule has 0 saturated heterocycles. The molecule has 0 heterocycles. The third-order valence-corrected chi connectivity index (χ3v) is 3.30. The van der Waals surface area contributed by atoms with Crippen molar-refractivity contribution < 1.29 is 19.4 Å². The zero-order valence-corrected chi connectivity index (χ0v) is 12.1. The maximum absolute atomic E-state index is 11.8.